The Morgan fingerprint density at radius 3 is 2.80 bits per heavy atom. The Balaban J connectivity index is 2.67. The van der Waals surface area contributed by atoms with E-state index in [4.69, 9.17) is 15.7 Å². The van der Waals surface area contributed by atoms with E-state index in [1.54, 1.807) is 24.3 Å². The van der Waals surface area contributed by atoms with Crippen molar-refractivity contribution in [2.45, 2.75) is 0 Å². The molecular formula is C13H12N4O3. The molecule has 0 spiro atoms. The highest BCUT2D eigenvalue weighted by Gasteiger charge is 2.23. The molecular weight excluding hydrogens is 260 g/mol. The van der Waals surface area contributed by atoms with Crippen molar-refractivity contribution in [3.05, 3.63) is 35.7 Å². The lowest BCUT2D eigenvalue weighted by atomic mass is 10.2. The highest BCUT2D eigenvalue weighted by molar-refractivity contribution is 5.95. The van der Waals surface area contributed by atoms with Gasteiger partial charge < -0.3 is 15.2 Å². The monoisotopic (exact) mass is 272 g/mol. The molecule has 0 unspecified atom stereocenters. The summed E-state index contributed by atoms with van der Waals surface area (Å²) in [4.78, 5) is 11.8. The van der Waals surface area contributed by atoms with Gasteiger partial charge in [0.15, 0.2) is 11.4 Å². The van der Waals surface area contributed by atoms with Crippen LogP contribution in [0.15, 0.2) is 24.3 Å². The van der Waals surface area contributed by atoms with Gasteiger partial charge in [-0.3, -0.25) is 0 Å². The molecule has 0 fully saturated rings. The van der Waals surface area contributed by atoms with Crippen LogP contribution in [0.3, 0.4) is 0 Å². The fourth-order valence-corrected chi connectivity index (χ4v) is 1.73. The number of esters is 1. The van der Waals surface area contributed by atoms with Crippen molar-refractivity contribution in [3.8, 4) is 17.5 Å². The summed E-state index contributed by atoms with van der Waals surface area (Å²) in [5.41, 5.74) is 6.27. The maximum Gasteiger partial charge on any atom is 0.359 e. The number of anilines is 1. The smallest absolute Gasteiger partial charge is 0.359 e. The summed E-state index contributed by atoms with van der Waals surface area (Å²) in [6.07, 6.45) is 0. The second kappa shape index (κ2) is 5.32. The van der Waals surface area contributed by atoms with Crippen molar-refractivity contribution >= 4 is 11.7 Å². The number of nitriles is 1. The van der Waals surface area contributed by atoms with Gasteiger partial charge in [0.1, 0.15) is 17.5 Å². The number of rotatable bonds is 3. The molecule has 0 aliphatic rings. The van der Waals surface area contributed by atoms with Gasteiger partial charge in [0.05, 0.1) is 19.9 Å². The Kier molecular flexibility index (Phi) is 3.57. The lowest BCUT2D eigenvalue weighted by Gasteiger charge is -2.07. The maximum absolute atomic E-state index is 11.8. The number of nitrogens with zero attached hydrogens (tertiary/aromatic N) is 3. The van der Waals surface area contributed by atoms with Crippen molar-refractivity contribution in [2.24, 2.45) is 0 Å². The fourth-order valence-electron chi connectivity index (χ4n) is 1.73. The fraction of sp³-hybridized carbons (Fsp3) is 0.154. The van der Waals surface area contributed by atoms with Crippen LogP contribution in [-0.2, 0) is 4.74 Å². The lowest BCUT2D eigenvalue weighted by molar-refractivity contribution is 0.0591. The predicted molar refractivity (Wildman–Crippen MR) is 70.6 cm³/mol. The van der Waals surface area contributed by atoms with Crippen LogP contribution < -0.4 is 10.5 Å². The molecule has 20 heavy (non-hydrogen) atoms. The Bertz CT molecular complexity index is 700. The third kappa shape index (κ3) is 2.14. The quantitative estimate of drug-likeness (QED) is 0.840. The minimum atomic E-state index is -0.667. The molecule has 2 N–H and O–H groups in total. The van der Waals surface area contributed by atoms with Crippen molar-refractivity contribution < 1.29 is 14.3 Å². The van der Waals surface area contributed by atoms with Crippen molar-refractivity contribution in [2.75, 3.05) is 20.0 Å². The van der Waals surface area contributed by atoms with E-state index >= 15 is 0 Å². The van der Waals surface area contributed by atoms with E-state index in [1.807, 2.05) is 6.07 Å². The first-order valence-electron chi connectivity index (χ1n) is 5.63. The van der Waals surface area contributed by atoms with Crippen LogP contribution in [0, 0.1) is 11.3 Å². The van der Waals surface area contributed by atoms with Gasteiger partial charge in [-0.15, -0.1) is 0 Å². The molecule has 2 rings (SSSR count). The van der Waals surface area contributed by atoms with Gasteiger partial charge in [-0.1, -0.05) is 6.07 Å². The molecule has 102 valence electrons. The van der Waals surface area contributed by atoms with E-state index in [0.717, 1.165) is 0 Å². The molecule has 2 aromatic rings. The molecule has 7 nitrogen and oxygen atoms in total. The van der Waals surface area contributed by atoms with Gasteiger partial charge in [0.25, 0.3) is 0 Å². The largest absolute Gasteiger partial charge is 0.497 e. The van der Waals surface area contributed by atoms with Crippen LogP contribution in [0.2, 0.25) is 0 Å². The van der Waals surface area contributed by atoms with E-state index in [1.165, 1.54) is 18.9 Å². The number of nitrogens with two attached hydrogens (primary N) is 1. The molecule has 0 bridgehead atoms. The van der Waals surface area contributed by atoms with Gasteiger partial charge in [-0.05, 0) is 12.1 Å². The second-order valence-electron chi connectivity index (χ2n) is 3.83. The van der Waals surface area contributed by atoms with Crippen molar-refractivity contribution in [3.63, 3.8) is 0 Å². The lowest BCUT2D eigenvalue weighted by Crippen LogP contribution is -2.12. The predicted octanol–water partition coefficient (Wildman–Crippen LogP) is 1.12. The summed E-state index contributed by atoms with van der Waals surface area (Å²) in [7, 11) is 2.76. The number of carbonyl (C=O) groups excluding carboxylic acids is 1. The SMILES string of the molecule is COC(=O)c1c(N)c(C#N)nn1-c1cccc(OC)c1. The second-order valence-corrected chi connectivity index (χ2v) is 3.83. The van der Waals surface area contributed by atoms with Gasteiger partial charge in [-0.2, -0.15) is 10.4 Å². The highest BCUT2D eigenvalue weighted by atomic mass is 16.5. The molecule has 0 atom stereocenters. The minimum absolute atomic E-state index is 0.0114. The average molecular weight is 272 g/mol. The molecule has 1 heterocycles. The summed E-state index contributed by atoms with van der Waals surface area (Å²) >= 11 is 0. The Hall–Kier alpha value is -3.01. The normalized spacial score (nSPS) is 9.85. The molecule has 0 amide bonds. The Labute approximate surface area is 115 Å². The summed E-state index contributed by atoms with van der Waals surface area (Å²) in [5, 5.41) is 13.0. The van der Waals surface area contributed by atoms with Crippen LogP contribution in [0.1, 0.15) is 16.2 Å². The molecule has 0 aliphatic heterocycles. The standard InChI is InChI=1S/C13H12N4O3/c1-19-9-5-3-4-8(6-9)17-12(13(18)20-2)11(15)10(7-14)16-17/h3-6H,15H2,1-2H3. The third-order valence-corrected chi connectivity index (χ3v) is 2.70. The Morgan fingerprint density at radius 2 is 2.20 bits per heavy atom. The zero-order chi connectivity index (χ0) is 14.7. The summed E-state index contributed by atoms with van der Waals surface area (Å²) in [6, 6.07) is 8.70. The molecule has 0 radical (unpaired) electrons. The Morgan fingerprint density at radius 1 is 1.45 bits per heavy atom. The van der Waals surface area contributed by atoms with Crippen LogP contribution in [-0.4, -0.2) is 30.0 Å². The average Bonchev–Trinajstić information content (AvgIpc) is 2.83. The number of nitrogen functional groups attached to an aromatic ring is 1. The number of ether oxygens (including phenoxy) is 2. The molecule has 0 saturated heterocycles. The summed E-state index contributed by atoms with van der Waals surface area (Å²) in [5.74, 6) is -0.0785. The third-order valence-electron chi connectivity index (χ3n) is 2.70. The zero-order valence-corrected chi connectivity index (χ0v) is 11.0. The molecule has 1 aromatic heterocycles. The van der Waals surface area contributed by atoms with Gasteiger partial charge in [0.2, 0.25) is 0 Å². The molecule has 0 saturated carbocycles. The highest BCUT2D eigenvalue weighted by Crippen LogP contribution is 2.23. The van der Waals surface area contributed by atoms with E-state index in [2.05, 4.69) is 9.84 Å². The van der Waals surface area contributed by atoms with Crippen LogP contribution in [0.25, 0.3) is 5.69 Å². The number of carbonyl (C=O) groups is 1. The molecule has 1 aromatic carbocycles. The van der Waals surface area contributed by atoms with Gasteiger partial charge in [0, 0.05) is 6.07 Å². The van der Waals surface area contributed by atoms with Crippen LogP contribution in [0.5, 0.6) is 5.75 Å². The van der Waals surface area contributed by atoms with E-state index < -0.39 is 5.97 Å². The number of hydrogen-bond donors (Lipinski definition) is 1. The van der Waals surface area contributed by atoms with Gasteiger partial charge >= 0.3 is 5.97 Å². The first-order valence-corrected chi connectivity index (χ1v) is 5.63. The minimum Gasteiger partial charge on any atom is -0.497 e. The van der Waals surface area contributed by atoms with Crippen LogP contribution in [0.4, 0.5) is 5.69 Å². The van der Waals surface area contributed by atoms with E-state index in [0.29, 0.717) is 11.4 Å². The summed E-state index contributed by atoms with van der Waals surface area (Å²) < 4.78 is 11.1. The van der Waals surface area contributed by atoms with Crippen LogP contribution >= 0.6 is 0 Å². The molecule has 7 heteroatoms. The summed E-state index contributed by atoms with van der Waals surface area (Å²) in [6.45, 7) is 0. The first kappa shape index (κ1) is 13.4. The zero-order valence-electron chi connectivity index (χ0n) is 11.0. The van der Waals surface area contributed by atoms with Crippen molar-refractivity contribution in [1.82, 2.24) is 9.78 Å². The van der Waals surface area contributed by atoms with E-state index in [-0.39, 0.29) is 17.1 Å². The first-order chi connectivity index (χ1) is 9.62. The maximum atomic E-state index is 11.8. The number of benzene rings is 1. The van der Waals surface area contributed by atoms with Crippen molar-refractivity contribution in [1.29, 1.82) is 5.26 Å². The number of hydrogen-bond acceptors (Lipinski definition) is 6. The topological polar surface area (TPSA) is 103 Å². The van der Waals surface area contributed by atoms with Gasteiger partial charge in [-0.25, -0.2) is 9.48 Å². The van der Waals surface area contributed by atoms with E-state index in [9.17, 15) is 4.79 Å². The molecule has 0 aliphatic carbocycles. The number of methoxy groups -OCH3 is 2. The number of aromatic nitrogens is 2.